The molecule has 2 rings (SSSR count). The van der Waals surface area contributed by atoms with Gasteiger partial charge in [-0.3, -0.25) is 0 Å². The second kappa shape index (κ2) is 5.31. The summed E-state index contributed by atoms with van der Waals surface area (Å²) in [5.41, 5.74) is 2.89. The van der Waals surface area contributed by atoms with Gasteiger partial charge < -0.3 is 10.1 Å². The van der Waals surface area contributed by atoms with Crippen LogP contribution >= 0.6 is 0 Å². The van der Waals surface area contributed by atoms with E-state index in [0.717, 1.165) is 31.7 Å². The number of hydrogen-bond donors (Lipinski definition) is 1. The minimum Gasteiger partial charge on any atom is -0.493 e. The van der Waals surface area contributed by atoms with Crippen LogP contribution in [0.15, 0.2) is 18.2 Å². The largest absolute Gasteiger partial charge is 0.493 e. The summed E-state index contributed by atoms with van der Waals surface area (Å²) in [6.07, 6.45) is 2.28. The van der Waals surface area contributed by atoms with E-state index in [1.54, 1.807) is 0 Å². The number of fused-ring (bicyclic) bond motifs is 1. The van der Waals surface area contributed by atoms with Crippen molar-refractivity contribution >= 4 is 0 Å². The van der Waals surface area contributed by atoms with Gasteiger partial charge >= 0.3 is 0 Å². The van der Waals surface area contributed by atoms with E-state index in [-0.39, 0.29) is 0 Å². The molecule has 0 bridgehead atoms. The molecule has 2 nitrogen and oxygen atoms in total. The third kappa shape index (κ3) is 3.26. The fourth-order valence-electron chi connectivity index (χ4n) is 2.41. The fraction of sp³-hybridized carbons (Fsp3) is 0.625. The Bertz CT molecular complexity index is 406. The molecule has 18 heavy (non-hydrogen) atoms. The molecule has 0 fully saturated rings. The van der Waals surface area contributed by atoms with Crippen LogP contribution in [0, 0.1) is 12.3 Å². The molecule has 1 aromatic rings. The molecule has 1 heterocycles. The van der Waals surface area contributed by atoms with Crippen LogP contribution in [0.1, 0.15) is 50.8 Å². The topological polar surface area (TPSA) is 21.3 Å². The van der Waals surface area contributed by atoms with E-state index in [2.05, 4.69) is 51.2 Å². The van der Waals surface area contributed by atoms with E-state index >= 15 is 0 Å². The van der Waals surface area contributed by atoms with E-state index in [9.17, 15) is 0 Å². The lowest BCUT2D eigenvalue weighted by Crippen LogP contribution is -2.30. The maximum absolute atomic E-state index is 5.90. The summed E-state index contributed by atoms with van der Waals surface area (Å²) in [6, 6.07) is 6.90. The highest BCUT2D eigenvalue weighted by Crippen LogP contribution is 2.34. The zero-order valence-corrected chi connectivity index (χ0v) is 12.0. The Labute approximate surface area is 111 Å². The predicted molar refractivity (Wildman–Crippen MR) is 76.1 cm³/mol. The van der Waals surface area contributed by atoms with Crippen LogP contribution in [0.4, 0.5) is 0 Å². The van der Waals surface area contributed by atoms with Crippen LogP contribution in [-0.2, 0) is 0 Å². The Morgan fingerprint density at radius 1 is 1.33 bits per heavy atom. The molecule has 0 radical (unpaired) electrons. The molecule has 2 heteroatoms. The van der Waals surface area contributed by atoms with Gasteiger partial charge in [-0.05, 0) is 30.7 Å². The summed E-state index contributed by atoms with van der Waals surface area (Å²) in [6.45, 7) is 10.8. The number of rotatable bonds is 2. The van der Waals surface area contributed by atoms with E-state index in [1.807, 2.05) is 0 Å². The van der Waals surface area contributed by atoms with Crippen molar-refractivity contribution in [1.82, 2.24) is 5.32 Å². The van der Waals surface area contributed by atoms with Crippen LogP contribution in [0.5, 0.6) is 5.75 Å². The van der Waals surface area contributed by atoms with Crippen LogP contribution in [-0.4, -0.2) is 13.2 Å². The molecule has 0 aromatic heterocycles. The first-order valence-corrected chi connectivity index (χ1v) is 6.93. The maximum Gasteiger partial charge on any atom is 0.126 e. The molecule has 1 N–H and O–H groups in total. The average molecular weight is 247 g/mol. The van der Waals surface area contributed by atoms with Crippen molar-refractivity contribution in [3.63, 3.8) is 0 Å². The summed E-state index contributed by atoms with van der Waals surface area (Å²) < 4.78 is 5.90. The van der Waals surface area contributed by atoms with Gasteiger partial charge in [0.15, 0.2) is 0 Å². The van der Waals surface area contributed by atoms with E-state index in [0.29, 0.717) is 11.5 Å². The van der Waals surface area contributed by atoms with E-state index in [1.165, 1.54) is 11.1 Å². The Balaban J connectivity index is 2.20. The summed E-state index contributed by atoms with van der Waals surface area (Å²) in [4.78, 5) is 0. The molecule has 100 valence electrons. The van der Waals surface area contributed by atoms with Crippen molar-refractivity contribution in [1.29, 1.82) is 0 Å². The van der Waals surface area contributed by atoms with Crippen molar-refractivity contribution in [2.45, 2.75) is 46.6 Å². The summed E-state index contributed by atoms with van der Waals surface area (Å²) in [5, 5.41) is 3.70. The van der Waals surface area contributed by atoms with Gasteiger partial charge in [0.25, 0.3) is 0 Å². The molecule has 1 atom stereocenters. The zero-order chi connectivity index (χ0) is 13.2. The molecule has 1 aromatic carbocycles. The minimum atomic E-state index is 0.317. The number of hydrogen-bond acceptors (Lipinski definition) is 2. The van der Waals surface area contributed by atoms with E-state index < -0.39 is 0 Å². The molecular formula is C16H25NO. The summed E-state index contributed by atoms with van der Waals surface area (Å²) in [7, 11) is 0. The maximum atomic E-state index is 5.90. The Morgan fingerprint density at radius 2 is 2.11 bits per heavy atom. The normalized spacial score (nSPS) is 19.9. The Hall–Kier alpha value is -1.02. The smallest absolute Gasteiger partial charge is 0.126 e. The third-order valence-electron chi connectivity index (χ3n) is 3.38. The van der Waals surface area contributed by atoms with Gasteiger partial charge in [-0.25, -0.2) is 0 Å². The number of nitrogens with one attached hydrogen (secondary N) is 1. The molecule has 1 aliphatic heterocycles. The van der Waals surface area contributed by atoms with Gasteiger partial charge in [-0.1, -0.05) is 39.0 Å². The monoisotopic (exact) mass is 247 g/mol. The van der Waals surface area contributed by atoms with Crippen molar-refractivity contribution in [2.75, 3.05) is 13.2 Å². The highest BCUT2D eigenvalue weighted by molar-refractivity contribution is 5.43. The molecular weight excluding hydrogens is 222 g/mol. The first kappa shape index (κ1) is 13.4. The quantitative estimate of drug-likeness (QED) is 0.857. The summed E-state index contributed by atoms with van der Waals surface area (Å²) in [5.74, 6) is 1.10. The van der Waals surface area contributed by atoms with Gasteiger partial charge in [0, 0.05) is 18.2 Å². The van der Waals surface area contributed by atoms with Crippen molar-refractivity contribution in [3.8, 4) is 5.75 Å². The SMILES string of the molecule is Cc1cccc2c1OCCCC2NCC(C)(C)C. The molecule has 1 aliphatic rings. The molecule has 0 saturated heterocycles. The van der Waals surface area contributed by atoms with Crippen LogP contribution in [0.2, 0.25) is 0 Å². The van der Waals surface area contributed by atoms with Crippen LogP contribution in [0.3, 0.4) is 0 Å². The standard InChI is InChI=1S/C16H25NO/c1-12-7-5-8-13-14(17-11-16(2,3)4)9-6-10-18-15(12)13/h5,7-8,14,17H,6,9-11H2,1-4H3. The summed E-state index contributed by atoms with van der Waals surface area (Å²) >= 11 is 0. The Morgan fingerprint density at radius 3 is 2.83 bits per heavy atom. The highest BCUT2D eigenvalue weighted by atomic mass is 16.5. The molecule has 0 spiro atoms. The first-order chi connectivity index (χ1) is 8.47. The number of aryl methyl sites for hydroxylation is 1. The van der Waals surface area contributed by atoms with Crippen molar-refractivity contribution in [2.24, 2.45) is 5.41 Å². The first-order valence-electron chi connectivity index (χ1n) is 6.93. The average Bonchev–Trinajstić information content (AvgIpc) is 2.49. The molecule has 1 unspecified atom stereocenters. The lowest BCUT2D eigenvalue weighted by Gasteiger charge is -2.25. The Kier molecular flexibility index (Phi) is 3.96. The van der Waals surface area contributed by atoms with Gasteiger partial charge in [-0.15, -0.1) is 0 Å². The van der Waals surface area contributed by atoms with Crippen molar-refractivity contribution < 1.29 is 4.74 Å². The highest BCUT2D eigenvalue weighted by Gasteiger charge is 2.22. The molecule has 0 aliphatic carbocycles. The zero-order valence-electron chi connectivity index (χ0n) is 12.0. The van der Waals surface area contributed by atoms with Gasteiger partial charge in [0.05, 0.1) is 6.61 Å². The van der Waals surface area contributed by atoms with Gasteiger partial charge in [0.2, 0.25) is 0 Å². The predicted octanol–water partition coefficient (Wildman–Crippen LogP) is 3.84. The van der Waals surface area contributed by atoms with E-state index in [4.69, 9.17) is 4.74 Å². The molecule has 0 saturated carbocycles. The third-order valence-corrected chi connectivity index (χ3v) is 3.38. The number of benzene rings is 1. The fourth-order valence-corrected chi connectivity index (χ4v) is 2.41. The van der Waals surface area contributed by atoms with Crippen LogP contribution in [0.25, 0.3) is 0 Å². The number of ether oxygens (including phenoxy) is 1. The van der Waals surface area contributed by atoms with Crippen molar-refractivity contribution in [3.05, 3.63) is 29.3 Å². The lowest BCUT2D eigenvalue weighted by atomic mass is 9.94. The number of para-hydroxylation sites is 1. The van der Waals surface area contributed by atoms with Crippen LogP contribution < -0.4 is 10.1 Å². The lowest BCUT2D eigenvalue weighted by molar-refractivity contribution is 0.310. The van der Waals surface area contributed by atoms with Gasteiger partial charge in [0.1, 0.15) is 5.75 Å². The second-order valence-corrected chi connectivity index (χ2v) is 6.48. The minimum absolute atomic E-state index is 0.317. The van der Waals surface area contributed by atoms with Gasteiger partial charge in [-0.2, -0.15) is 0 Å². The molecule has 0 amide bonds. The second-order valence-electron chi connectivity index (χ2n) is 6.48.